The summed E-state index contributed by atoms with van der Waals surface area (Å²) >= 11 is 0. The molecule has 10 heteroatoms. The summed E-state index contributed by atoms with van der Waals surface area (Å²) in [7, 11) is 2.24. The Hall–Kier alpha value is -2.88. The number of furan rings is 1. The van der Waals surface area contributed by atoms with E-state index in [1.807, 2.05) is 6.92 Å². The van der Waals surface area contributed by atoms with E-state index in [-0.39, 0.29) is 31.6 Å². The van der Waals surface area contributed by atoms with Crippen LogP contribution in [0.2, 0.25) is 0 Å². The van der Waals surface area contributed by atoms with Crippen LogP contribution in [0, 0.1) is 22.7 Å². The summed E-state index contributed by atoms with van der Waals surface area (Å²) in [5.41, 5.74) is -4.94. The van der Waals surface area contributed by atoms with Crippen molar-refractivity contribution >= 4 is 23.9 Å². The van der Waals surface area contributed by atoms with Crippen LogP contribution >= 0.6 is 0 Å². The first-order valence-corrected chi connectivity index (χ1v) is 11.4. The molecule has 0 aromatic carbocycles. The number of aliphatic hydroxyl groups is 1. The Bertz CT molecular complexity index is 986. The maximum Gasteiger partial charge on any atom is 0.343 e. The molecule has 0 unspecified atom stereocenters. The van der Waals surface area contributed by atoms with E-state index < -0.39 is 58.4 Å². The highest BCUT2D eigenvalue weighted by atomic mass is 16.6. The van der Waals surface area contributed by atoms with E-state index >= 15 is 0 Å². The molecule has 1 aromatic rings. The molecule has 1 spiro atoms. The van der Waals surface area contributed by atoms with Gasteiger partial charge in [0.25, 0.3) is 0 Å². The third-order valence-corrected chi connectivity index (χ3v) is 8.35. The van der Waals surface area contributed by atoms with E-state index in [0.29, 0.717) is 12.0 Å². The van der Waals surface area contributed by atoms with Gasteiger partial charge in [-0.1, -0.05) is 6.92 Å². The van der Waals surface area contributed by atoms with E-state index in [1.165, 1.54) is 12.5 Å². The lowest BCUT2D eigenvalue weighted by atomic mass is 9.42. The van der Waals surface area contributed by atoms with Crippen molar-refractivity contribution < 1.29 is 47.6 Å². The van der Waals surface area contributed by atoms with E-state index in [1.54, 1.807) is 6.07 Å². The monoisotopic (exact) mass is 478 g/mol. The van der Waals surface area contributed by atoms with Crippen LogP contribution in [0.1, 0.15) is 57.6 Å². The van der Waals surface area contributed by atoms with Crippen LogP contribution < -0.4 is 0 Å². The average Bonchev–Trinajstić information content (AvgIpc) is 3.46. The molecule has 1 aromatic heterocycles. The summed E-state index contributed by atoms with van der Waals surface area (Å²) in [6, 6.07) is 1.71. The SMILES string of the molecule is COC(=O)[C@]1(O)[C@H](OC(C)=O)CC[C@@H]2[C@]3(C[C@@H](c4ccoc4)OC3=O)[C@@H](C)CC[C@@]21C(=O)OC. The van der Waals surface area contributed by atoms with Crippen LogP contribution in [-0.4, -0.2) is 54.9 Å². The number of methoxy groups -OCH3 is 2. The second-order valence-corrected chi connectivity index (χ2v) is 9.58. The van der Waals surface area contributed by atoms with Crippen molar-refractivity contribution in [2.45, 2.75) is 63.8 Å². The number of fused-ring (bicyclic) bond motifs is 2. The van der Waals surface area contributed by atoms with Gasteiger partial charge in [0.05, 0.1) is 32.2 Å². The molecule has 34 heavy (non-hydrogen) atoms. The molecule has 0 amide bonds. The van der Waals surface area contributed by atoms with E-state index in [0.717, 1.165) is 21.1 Å². The minimum atomic E-state index is -2.55. The van der Waals surface area contributed by atoms with Gasteiger partial charge in [0, 0.05) is 18.9 Å². The number of carbonyl (C=O) groups is 4. The summed E-state index contributed by atoms with van der Waals surface area (Å²) < 4.78 is 26.4. The van der Waals surface area contributed by atoms with E-state index in [2.05, 4.69) is 0 Å². The predicted octanol–water partition coefficient (Wildman–Crippen LogP) is 2.09. The Kier molecular flexibility index (Phi) is 6.00. The van der Waals surface area contributed by atoms with Crippen molar-refractivity contribution in [2.75, 3.05) is 14.2 Å². The first-order valence-electron chi connectivity index (χ1n) is 11.4. The van der Waals surface area contributed by atoms with Crippen LogP contribution in [0.3, 0.4) is 0 Å². The zero-order valence-electron chi connectivity index (χ0n) is 19.7. The van der Waals surface area contributed by atoms with Crippen molar-refractivity contribution in [3.05, 3.63) is 24.2 Å². The van der Waals surface area contributed by atoms with Crippen molar-refractivity contribution in [3.8, 4) is 0 Å². The number of carbonyl (C=O) groups excluding carboxylic acids is 4. The van der Waals surface area contributed by atoms with E-state index in [9.17, 15) is 24.3 Å². The molecule has 0 radical (unpaired) electrons. The van der Waals surface area contributed by atoms with Crippen LogP contribution in [0.4, 0.5) is 0 Å². The molecule has 4 rings (SSSR count). The van der Waals surface area contributed by atoms with Gasteiger partial charge < -0.3 is 28.5 Å². The summed E-state index contributed by atoms with van der Waals surface area (Å²) in [6.45, 7) is 3.07. The van der Waals surface area contributed by atoms with Gasteiger partial charge in [-0.3, -0.25) is 14.4 Å². The Morgan fingerprint density at radius 1 is 1.12 bits per heavy atom. The van der Waals surface area contributed by atoms with Gasteiger partial charge in [0.2, 0.25) is 5.60 Å². The topological polar surface area (TPSA) is 139 Å². The highest BCUT2D eigenvalue weighted by molar-refractivity contribution is 5.94. The van der Waals surface area contributed by atoms with E-state index in [4.69, 9.17) is 23.4 Å². The number of ether oxygens (including phenoxy) is 4. The number of esters is 4. The van der Waals surface area contributed by atoms with Crippen LogP contribution in [0.15, 0.2) is 23.0 Å². The number of hydrogen-bond donors (Lipinski definition) is 1. The molecule has 10 nitrogen and oxygen atoms in total. The van der Waals surface area contributed by atoms with Gasteiger partial charge in [-0.25, -0.2) is 4.79 Å². The maximum absolute atomic E-state index is 13.6. The molecule has 3 fully saturated rings. The minimum Gasteiger partial charge on any atom is -0.472 e. The normalized spacial score (nSPS) is 39.1. The van der Waals surface area contributed by atoms with Crippen LogP contribution in [0.5, 0.6) is 0 Å². The highest BCUT2D eigenvalue weighted by Crippen LogP contribution is 2.68. The standard InChI is InChI=1S/C24H30O10/c1-13-7-9-23(20(27)30-3)17(5-6-18(33-14(2)25)24(23,29)21(28)31-4)22(13)11-16(34-19(22)26)15-8-10-32-12-15/h8,10,12-13,16-18,29H,5-7,9,11H2,1-4H3/t13-,16-,17+,18+,22-,23-,24+/m0/s1. The lowest BCUT2D eigenvalue weighted by molar-refractivity contribution is -0.260. The average molecular weight is 478 g/mol. The fourth-order valence-electron chi connectivity index (χ4n) is 6.83. The van der Waals surface area contributed by atoms with Gasteiger partial charge in [-0.05, 0) is 43.6 Å². The lowest BCUT2D eigenvalue weighted by Gasteiger charge is -2.61. The summed E-state index contributed by atoms with van der Waals surface area (Å²) in [5.74, 6) is -4.22. The fraction of sp³-hybridized carbons (Fsp3) is 0.667. The summed E-state index contributed by atoms with van der Waals surface area (Å²) in [4.78, 5) is 52.2. The van der Waals surface area contributed by atoms with Crippen molar-refractivity contribution in [3.63, 3.8) is 0 Å². The zero-order valence-corrected chi connectivity index (χ0v) is 19.7. The quantitative estimate of drug-likeness (QED) is 0.505. The highest BCUT2D eigenvalue weighted by Gasteiger charge is 2.79. The van der Waals surface area contributed by atoms with Gasteiger partial charge in [0.15, 0.2) is 0 Å². The molecule has 186 valence electrons. The molecule has 3 aliphatic rings. The van der Waals surface area contributed by atoms with Gasteiger partial charge in [-0.2, -0.15) is 0 Å². The third kappa shape index (κ3) is 3.03. The molecule has 1 N–H and O–H groups in total. The Morgan fingerprint density at radius 3 is 2.41 bits per heavy atom. The molecule has 2 heterocycles. The van der Waals surface area contributed by atoms with Gasteiger partial charge in [0.1, 0.15) is 17.6 Å². The Morgan fingerprint density at radius 2 is 1.82 bits per heavy atom. The van der Waals surface area contributed by atoms with Crippen molar-refractivity contribution in [2.24, 2.45) is 22.7 Å². The van der Waals surface area contributed by atoms with Crippen LogP contribution in [-0.2, 0) is 38.1 Å². The summed E-state index contributed by atoms with van der Waals surface area (Å²) in [6.07, 6.45) is 1.92. The Balaban J connectivity index is 1.90. The molecular weight excluding hydrogens is 448 g/mol. The second-order valence-electron chi connectivity index (χ2n) is 9.58. The number of cyclic esters (lactones) is 1. The largest absolute Gasteiger partial charge is 0.472 e. The second kappa shape index (κ2) is 8.41. The van der Waals surface area contributed by atoms with Gasteiger partial charge >= 0.3 is 23.9 Å². The fourth-order valence-corrected chi connectivity index (χ4v) is 6.83. The van der Waals surface area contributed by atoms with Crippen molar-refractivity contribution in [1.82, 2.24) is 0 Å². The lowest BCUT2D eigenvalue weighted by Crippen LogP contribution is -2.75. The predicted molar refractivity (Wildman–Crippen MR) is 113 cm³/mol. The zero-order chi connectivity index (χ0) is 24.9. The van der Waals surface area contributed by atoms with Crippen LogP contribution in [0.25, 0.3) is 0 Å². The smallest absolute Gasteiger partial charge is 0.343 e. The first-order chi connectivity index (χ1) is 16.1. The summed E-state index contributed by atoms with van der Waals surface area (Å²) in [5, 5.41) is 12.0. The number of rotatable bonds is 4. The third-order valence-electron chi connectivity index (χ3n) is 8.35. The molecule has 1 saturated heterocycles. The Labute approximate surface area is 196 Å². The minimum absolute atomic E-state index is 0.0419. The molecular formula is C24H30O10. The molecule has 2 aliphatic carbocycles. The maximum atomic E-state index is 13.6. The molecule has 0 bridgehead atoms. The first kappa shape index (κ1) is 24.3. The molecule has 7 atom stereocenters. The van der Waals surface area contributed by atoms with Crippen molar-refractivity contribution in [1.29, 1.82) is 0 Å². The van der Waals surface area contributed by atoms with Gasteiger partial charge in [-0.15, -0.1) is 0 Å². The molecule has 2 saturated carbocycles. The molecule has 1 aliphatic heterocycles. The number of hydrogen-bond acceptors (Lipinski definition) is 10.